The fourth-order valence-corrected chi connectivity index (χ4v) is 1.62. The van der Waals surface area contributed by atoms with Crippen molar-refractivity contribution >= 4 is 6.03 Å². The molecule has 1 saturated heterocycles. The lowest BCUT2D eigenvalue weighted by Gasteiger charge is -2.30. The van der Waals surface area contributed by atoms with Crippen LogP contribution in [0, 0.1) is 5.92 Å². The van der Waals surface area contributed by atoms with E-state index in [2.05, 4.69) is 0 Å². The van der Waals surface area contributed by atoms with Crippen LogP contribution in [-0.4, -0.2) is 35.7 Å². The second-order valence-electron chi connectivity index (χ2n) is 3.28. The van der Waals surface area contributed by atoms with Gasteiger partial charge in [-0.3, -0.25) is 0 Å². The molecule has 70 valence electrons. The molecule has 4 nitrogen and oxygen atoms in total. The van der Waals surface area contributed by atoms with E-state index in [1.54, 1.807) is 4.90 Å². The van der Waals surface area contributed by atoms with Crippen LogP contribution in [0.2, 0.25) is 0 Å². The summed E-state index contributed by atoms with van der Waals surface area (Å²) in [5, 5.41) is 8.69. The molecule has 0 saturated carbocycles. The van der Waals surface area contributed by atoms with Gasteiger partial charge < -0.3 is 15.7 Å². The number of nitrogens with zero attached hydrogens (tertiary/aromatic N) is 1. The van der Waals surface area contributed by atoms with Gasteiger partial charge in [0.1, 0.15) is 0 Å². The number of hydrogen-bond donors (Lipinski definition) is 2. The summed E-state index contributed by atoms with van der Waals surface area (Å²) in [6.07, 6.45) is 2.81. The minimum atomic E-state index is -0.322. The molecule has 1 fully saturated rings. The number of nitrogens with two attached hydrogens (primary N) is 1. The molecule has 0 spiro atoms. The molecular weight excluding hydrogens is 156 g/mol. The first-order valence-electron chi connectivity index (χ1n) is 4.39. The maximum Gasteiger partial charge on any atom is 0.314 e. The molecule has 0 bridgehead atoms. The quantitative estimate of drug-likeness (QED) is 0.623. The van der Waals surface area contributed by atoms with Crippen molar-refractivity contribution in [2.24, 2.45) is 11.7 Å². The zero-order chi connectivity index (χ0) is 8.97. The molecule has 1 rings (SSSR count). The first kappa shape index (κ1) is 9.32. The number of primary amides is 1. The normalized spacial score (nSPS) is 19.6. The third-order valence-corrected chi connectivity index (χ3v) is 2.46. The van der Waals surface area contributed by atoms with Crippen LogP contribution in [0.15, 0.2) is 0 Å². The largest absolute Gasteiger partial charge is 0.396 e. The summed E-state index contributed by atoms with van der Waals surface area (Å²) in [5.41, 5.74) is 5.12. The van der Waals surface area contributed by atoms with E-state index < -0.39 is 0 Å². The van der Waals surface area contributed by atoms with Crippen LogP contribution >= 0.6 is 0 Å². The van der Waals surface area contributed by atoms with Crippen LogP contribution in [0.3, 0.4) is 0 Å². The highest BCUT2D eigenvalue weighted by Crippen LogP contribution is 2.19. The lowest BCUT2D eigenvalue weighted by Crippen LogP contribution is -2.41. The van der Waals surface area contributed by atoms with Gasteiger partial charge in [-0.1, -0.05) is 0 Å². The van der Waals surface area contributed by atoms with Gasteiger partial charge >= 0.3 is 6.03 Å². The minimum absolute atomic E-state index is 0.251. The zero-order valence-electron chi connectivity index (χ0n) is 7.20. The molecule has 4 heteroatoms. The molecule has 0 unspecified atom stereocenters. The van der Waals surface area contributed by atoms with E-state index in [0.29, 0.717) is 5.92 Å². The lowest BCUT2D eigenvalue weighted by molar-refractivity contribution is 0.164. The number of aliphatic hydroxyl groups excluding tert-OH is 1. The Hall–Kier alpha value is -0.770. The highest BCUT2D eigenvalue weighted by atomic mass is 16.3. The Balaban J connectivity index is 2.25. The molecule has 0 aromatic carbocycles. The molecule has 0 aromatic heterocycles. The highest BCUT2D eigenvalue weighted by molar-refractivity contribution is 5.72. The summed E-state index contributed by atoms with van der Waals surface area (Å²) in [6.45, 7) is 1.75. The van der Waals surface area contributed by atoms with Crippen LogP contribution in [0.25, 0.3) is 0 Å². The number of carbonyl (C=O) groups excluding carboxylic acids is 1. The van der Waals surface area contributed by atoms with Gasteiger partial charge in [0.25, 0.3) is 0 Å². The maximum absolute atomic E-state index is 10.7. The minimum Gasteiger partial charge on any atom is -0.396 e. The topological polar surface area (TPSA) is 66.6 Å². The van der Waals surface area contributed by atoms with Gasteiger partial charge in [-0.05, 0) is 25.2 Å². The molecule has 1 aliphatic heterocycles. The second-order valence-corrected chi connectivity index (χ2v) is 3.28. The molecule has 0 aliphatic carbocycles. The van der Waals surface area contributed by atoms with Crippen molar-refractivity contribution in [1.82, 2.24) is 4.90 Å². The molecule has 0 radical (unpaired) electrons. The number of hydrogen-bond acceptors (Lipinski definition) is 2. The summed E-state index contributed by atoms with van der Waals surface area (Å²) in [7, 11) is 0. The molecule has 1 aliphatic rings. The fraction of sp³-hybridized carbons (Fsp3) is 0.875. The SMILES string of the molecule is NC(=O)N1CCC(CCO)CC1. The van der Waals surface area contributed by atoms with E-state index in [9.17, 15) is 4.79 Å². The van der Waals surface area contributed by atoms with Crippen molar-refractivity contribution in [2.45, 2.75) is 19.3 Å². The highest BCUT2D eigenvalue weighted by Gasteiger charge is 2.20. The number of piperidine rings is 1. The van der Waals surface area contributed by atoms with Gasteiger partial charge in [-0.2, -0.15) is 0 Å². The van der Waals surface area contributed by atoms with Crippen molar-refractivity contribution in [1.29, 1.82) is 0 Å². The van der Waals surface area contributed by atoms with Gasteiger partial charge in [-0.15, -0.1) is 0 Å². The summed E-state index contributed by atoms with van der Waals surface area (Å²) < 4.78 is 0. The average molecular weight is 172 g/mol. The number of likely N-dealkylation sites (tertiary alicyclic amines) is 1. The van der Waals surface area contributed by atoms with Crippen molar-refractivity contribution in [3.05, 3.63) is 0 Å². The van der Waals surface area contributed by atoms with Gasteiger partial charge in [0.2, 0.25) is 0 Å². The average Bonchev–Trinajstić information content (AvgIpc) is 2.06. The molecule has 0 aromatic rings. The maximum atomic E-state index is 10.7. The number of amides is 2. The Bertz CT molecular complexity index is 153. The molecule has 1 heterocycles. The van der Waals surface area contributed by atoms with Gasteiger partial charge in [0, 0.05) is 19.7 Å². The predicted octanol–water partition coefficient (Wildman–Crippen LogP) is 0.159. The molecular formula is C8H16N2O2. The number of carbonyl (C=O) groups is 1. The smallest absolute Gasteiger partial charge is 0.314 e. The van der Waals surface area contributed by atoms with Crippen LogP contribution in [0.5, 0.6) is 0 Å². The summed E-state index contributed by atoms with van der Waals surface area (Å²) in [6, 6.07) is -0.322. The zero-order valence-corrected chi connectivity index (χ0v) is 7.20. The first-order valence-corrected chi connectivity index (χ1v) is 4.39. The van der Waals surface area contributed by atoms with Gasteiger partial charge in [0.15, 0.2) is 0 Å². The Labute approximate surface area is 72.3 Å². The van der Waals surface area contributed by atoms with Crippen LogP contribution < -0.4 is 5.73 Å². The predicted molar refractivity (Wildman–Crippen MR) is 45.6 cm³/mol. The van der Waals surface area contributed by atoms with E-state index in [0.717, 1.165) is 32.4 Å². The third kappa shape index (κ3) is 2.37. The van der Waals surface area contributed by atoms with E-state index >= 15 is 0 Å². The van der Waals surface area contributed by atoms with Crippen LogP contribution in [0.1, 0.15) is 19.3 Å². The summed E-state index contributed by atoms with van der Waals surface area (Å²) >= 11 is 0. The summed E-state index contributed by atoms with van der Waals surface area (Å²) in [4.78, 5) is 12.4. The van der Waals surface area contributed by atoms with E-state index in [1.165, 1.54) is 0 Å². The standard InChI is InChI=1S/C8H16N2O2/c9-8(12)10-4-1-7(2-5-10)3-6-11/h7,11H,1-6H2,(H2,9,12). The van der Waals surface area contributed by atoms with E-state index in [4.69, 9.17) is 10.8 Å². The lowest BCUT2D eigenvalue weighted by atomic mass is 9.94. The number of aliphatic hydroxyl groups is 1. The van der Waals surface area contributed by atoms with Gasteiger partial charge in [0.05, 0.1) is 0 Å². The third-order valence-electron chi connectivity index (χ3n) is 2.46. The Morgan fingerprint density at radius 2 is 2.08 bits per heavy atom. The van der Waals surface area contributed by atoms with Crippen molar-refractivity contribution in [3.63, 3.8) is 0 Å². The van der Waals surface area contributed by atoms with E-state index in [1.807, 2.05) is 0 Å². The van der Waals surface area contributed by atoms with Crippen LogP contribution in [0.4, 0.5) is 4.79 Å². The van der Waals surface area contributed by atoms with E-state index in [-0.39, 0.29) is 12.6 Å². The first-order chi connectivity index (χ1) is 5.74. The monoisotopic (exact) mass is 172 g/mol. The van der Waals surface area contributed by atoms with Gasteiger partial charge in [-0.25, -0.2) is 4.79 Å². The number of urea groups is 1. The molecule has 2 amide bonds. The molecule has 3 N–H and O–H groups in total. The number of rotatable bonds is 2. The Morgan fingerprint density at radius 1 is 1.50 bits per heavy atom. The van der Waals surface area contributed by atoms with Crippen LogP contribution in [-0.2, 0) is 0 Å². The molecule has 12 heavy (non-hydrogen) atoms. The molecule has 0 atom stereocenters. The Kier molecular flexibility index (Phi) is 3.34. The second kappa shape index (κ2) is 4.30. The summed E-state index contributed by atoms with van der Waals surface area (Å²) in [5.74, 6) is 0.575. The van der Waals surface area contributed by atoms with Crippen molar-refractivity contribution in [2.75, 3.05) is 19.7 Å². The fourth-order valence-electron chi connectivity index (χ4n) is 1.62. The van der Waals surface area contributed by atoms with Crippen molar-refractivity contribution < 1.29 is 9.90 Å². The Morgan fingerprint density at radius 3 is 2.50 bits per heavy atom. The van der Waals surface area contributed by atoms with Crippen molar-refractivity contribution in [3.8, 4) is 0 Å².